The second-order valence-corrected chi connectivity index (χ2v) is 4.85. The molecule has 1 rings (SSSR count). The number of nitrogens with one attached hydrogen (secondary N) is 1. The second-order valence-electron chi connectivity index (χ2n) is 4.85. The Labute approximate surface area is 114 Å². The highest BCUT2D eigenvalue weighted by Gasteiger charge is 2.17. The summed E-state index contributed by atoms with van der Waals surface area (Å²) in [7, 11) is 1.72. The smallest absolute Gasteiger partial charge is 0.271 e. The highest BCUT2D eigenvalue weighted by atomic mass is 16.5. The van der Waals surface area contributed by atoms with Crippen LogP contribution in [0.1, 0.15) is 42.9 Å². The molecule has 108 valence electrons. The van der Waals surface area contributed by atoms with E-state index in [1.54, 1.807) is 14.0 Å². The van der Waals surface area contributed by atoms with Crippen molar-refractivity contribution in [3.05, 3.63) is 11.4 Å². The molecule has 3 N–H and O–H groups in total. The van der Waals surface area contributed by atoms with Crippen LogP contribution in [0.3, 0.4) is 0 Å². The minimum atomic E-state index is -0.176. The van der Waals surface area contributed by atoms with Crippen LogP contribution in [0, 0.1) is 6.92 Å². The maximum absolute atomic E-state index is 12.0. The fourth-order valence-corrected chi connectivity index (χ4v) is 1.78. The molecule has 1 aromatic rings. The van der Waals surface area contributed by atoms with Crippen LogP contribution < -0.4 is 11.1 Å². The molecule has 0 radical (unpaired) electrons. The van der Waals surface area contributed by atoms with E-state index in [4.69, 9.17) is 10.5 Å². The molecular weight excluding hydrogens is 244 g/mol. The number of ether oxygens (including phenoxy) is 1. The van der Waals surface area contributed by atoms with Gasteiger partial charge in [-0.05, 0) is 33.6 Å². The number of aryl methyl sites for hydroxylation is 2. The van der Waals surface area contributed by atoms with E-state index in [9.17, 15) is 4.79 Å². The molecule has 0 saturated carbocycles. The summed E-state index contributed by atoms with van der Waals surface area (Å²) in [5.74, 6) is -0.176. The van der Waals surface area contributed by atoms with Crippen LogP contribution in [0.15, 0.2) is 0 Å². The Kier molecular flexibility index (Phi) is 5.82. The van der Waals surface area contributed by atoms with Gasteiger partial charge in [0.05, 0.1) is 17.5 Å². The van der Waals surface area contributed by atoms with Gasteiger partial charge in [-0.25, -0.2) is 0 Å². The number of anilines is 1. The lowest BCUT2D eigenvalue weighted by molar-refractivity contribution is 0.0754. The second kappa shape index (κ2) is 7.13. The first-order valence-corrected chi connectivity index (χ1v) is 6.62. The first-order chi connectivity index (χ1) is 8.93. The number of carbonyl (C=O) groups is 1. The minimum absolute atomic E-state index is 0.176. The van der Waals surface area contributed by atoms with Gasteiger partial charge in [-0.15, -0.1) is 0 Å². The normalized spacial score (nSPS) is 11.0. The lowest BCUT2D eigenvalue weighted by Gasteiger charge is -2.08. The summed E-state index contributed by atoms with van der Waals surface area (Å²) >= 11 is 0. The van der Waals surface area contributed by atoms with Crippen LogP contribution in [-0.2, 0) is 11.8 Å². The summed E-state index contributed by atoms with van der Waals surface area (Å²) in [6.07, 6.45) is 2.07. The van der Waals surface area contributed by atoms with Gasteiger partial charge in [0.1, 0.15) is 5.69 Å². The standard InChI is InChI=1S/C13H24N4O2/c1-9(2)19-8-6-5-7-15-13(18)12-11(14)10(3)16-17(12)4/h9H,5-8,14H2,1-4H3,(H,15,18). The van der Waals surface area contributed by atoms with E-state index < -0.39 is 0 Å². The number of rotatable bonds is 7. The van der Waals surface area contributed by atoms with Crippen molar-refractivity contribution < 1.29 is 9.53 Å². The van der Waals surface area contributed by atoms with Gasteiger partial charge in [0.15, 0.2) is 0 Å². The number of nitrogens with zero attached hydrogens (tertiary/aromatic N) is 2. The SMILES string of the molecule is Cc1nn(C)c(C(=O)NCCCCOC(C)C)c1N. The van der Waals surface area contributed by atoms with Crippen LogP contribution >= 0.6 is 0 Å². The van der Waals surface area contributed by atoms with Crippen LogP contribution in [0.4, 0.5) is 5.69 Å². The van der Waals surface area contributed by atoms with E-state index in [-0.39, 0.29) is 12.0 Å². The monoisotopic (exact) mass is 268 g/mol. The highest BCUT2D eigenvalue weighted by Crippen LogP contribution is 2.14. The van der Waals surface area contributed by atoms with Gasteiger partial charge in [0.25, 0.3) is 5.91 Å². The molecule has 0 fully saturated rings. The lowest BCUT2D eigenvalue weighted by Crippen LogP contribution is -2.27. The molecule has 1 amide bonds. The number of hydrogen-bond acceptors (Lipinski definition) is 4. The molecular formula is C13H24N4O2. The summed E-state index contributed by atoms with van der Waals surface area (Å²) < 4.78 is 6.94. The van der Waals surface area contributed by atoms with Gasteiger partial charge in [-0.2, -0.15) is 5.10 Å². The number of hydrogen-bond donors (Lipinski definition) is 2. The maximum atomic E-state index is 12.0. The number of aromatic nitrogens is 2. The van der Waals surface area contributed by atoms with Crippen LogP contribution in [-0.4, -0.2) is 34.9 Å². The largest absolute Gasteiger partial charge is 0.395 e. The van der Waals surface area contributed by atoms with Crippen LogP contribution in [0.2, 0.25) is 0 Å². The first kappa shape index (κ1) is 15.5. The number of unbranched alkanes of at least 4 members (excludes halogenated alkanes) is 1. The molecule has 0 aromatic carbocycles. The number of carbonyl (C=O) groups excluding carboxylic acids is 1. The van der Waals surface area contributed by atoms with Crippen molar-refractivity contribution in [1.82, 2.24) is 15.1 Å². The molecule has 0 saturated heterocycles. The molecule has 0 unspecified atom stereocenters. The van der Waals surface area contributed by atoms with Gasteiger partial charge >= 0.3 is 0 Å². The minimum Gasteiger partial charge on any atom is -0.395 e. The molecule has 6 heteroatoms. The summed E-state index contributed by atoms with van der Waals surface area (Å²) in [6, 6.07) is 0. The molecule has 0 spiro atoms. The topological polar surface area (TPSA) is 82.2 Å². The molecule has 1 heterocycles. The van der Waals surface area contributed by atoms with Crippen LogP contribution in [0.5, 0.6) is 0 Å². The predicted molar refractivity (Wildman–Crippen MR) is 75.0 cm³/mol. The van der Waals surface area contributed by atoms with E-state index in [0.717, 1.165) is 19.4 Å². The third-order valence-corrected chi connectivity index (χ3v) is 2.79. The number of amides is 1. The molecule has 0 aliphatic heterocycles. The first-order valence-electron chi connectivity index (χ1n) is 6.62. The molecule has 19 heavy (non-hydrogen) atoms. The number of nitrogen functional groups attached to an aromatic ring is 1. The van der Waals surface area contributed by atoms with Gasteiger partial charge in [0, 0.05) is 20.2 Å². The van der Waals surface area contributed by atoms with Gasteiger partial charge in [0.2, 0.25) is 0 Å². The molecule has 6 nitrogen and oxygen atoms in total. The van der Waals surface area contributed by atoms with Crippen molar-refractivity contribution in [2.75, 3.05) is 18.9 Å². The van der Waals surface area contributed by atoms with Crippen LogP contribution in [0.25, 0.3) is 0 Å². The average Bonchev–Trinajstić information content (AvgIpc) is 2.57. The fraction of sp³-hybridized carbons (Fsp3) is 0.692. The molecule has 1 aromatic heterocycles. The molecule has 0 aliphatic carbocycles. The summed E-state index contributed by atoms with van der Waals surface area (Å²) in [5, 5.41) is 6.97. The quantitative estimate of drug-likeness (QED) is 0.729. The molecule has 0 bridgehead atoms. The Morgan fingerprint density at radius 2 is 2.16 bits per heavy atom. The van der Waals surface area contributed by atoms with Gasteiger partial charge in [-0.1, -0.05) is 0 Å². The Morgan fingerprint density at radius 1 is 1.47 bits per heavy atom. The third kappa shape index (κ3) is 4.55. The molecule has 0 aliphatic rings. The Bertz CT molecular complexity index is 427. The van der Waals surface area contributed by atoms with Gasteiger partial charge in [-0.3, -0.25) is 9.48 Å². The van der Waals surface area contributed by atoms with E-state index in [1.165, 1.54) is 4.68 Å². The Balaban J connectivity index is 2.32. The van der Waals surface area contributed by atoms with E-state index in [1.807, 2.05) is 13.8 Å². The molecule has 0 atom stereocenters. The van der Waals surface area contributed by atoms with E-state index >= 15 is 0 Å². The summed E-state index contributed by atoms with van der Waals surface area (Å²) in [4.78, 5) is 12.0. The van der Waals surface area contributed by atoms with E-state index in [0.29, 0.717) is 23.6 Å². The zero-order valence-electron chi connectivity index (χ0n) is 12.2. The average molecular weight is 268 g/mol. The maximum Gasteiger partial charge on any atom is 0.271 e. The Morgan fingerprint density at radius 3 is 2.68 bits per heavy atom. The summed E-state index contributed by atoms with van der Waals surface area (Å²) in [5.41, 5.74) is 7.38. The highest BCUT2D eigenvalue weighted by molar-refractivity contribution is 5.97. The van der Waals surface area contributed by atoms with Crippen molar-refractivity contribution in [2.24, 2.45) is 7.05 Å². The van der Waals surface area contributed by atoms with E-state index in [2.05, 4.69) is 10.4 Å². The Hall–Kier alpha value is -1.56. The third-order valence-electron chi connectivity index (χ3n) is 2.79. The predicted octanol–water partition coefficient (Wildman–Crippen LogP) is 1.25. The zero-order valence-corrected chi connectivity index (χ0v) is 12.2. The van der Waals surface area contributed by atoms with Crippen molar-refractivity contribution in [3.8, 4) is 0 Å². The van der Waals surface area contributed by atoms with Crippen molar-refractivity contribution >= 4 is 11.6 Å². The lowest BCUT2D eigenvalue weighted by atomic mass is 10.2. The number of nitrogens with two attached hydrogens (primary N) is 1. The summed E-state index contributed by atoms with van der Waals surface area (Å²) in [6.45, 7) is 7.14. The van der Waals surface area contributed by atoms with Crippen molar-refractivity contribution in [1.29, 1.82) is 0 Å². The zero-order chi connectivity index (χ0) is 14.4. The van der Waals surface area contributed by atoms with Crippen molar-refractivity contribution in [2.45, 2.75) is 39.7 Å². The fourth-order valence-electron chi connectivity index (χ4n) is 1.78. The van der Waals surface area contributed by atoms with Crippen molar-refractivity contribution in [3.63, 3.8) is 0 Å². The van der Waals surface area contributed by atoms with Gasteiger partial charge < -0.3 is 15.8 Å².